The van der Waals surface area contributed by atoms with Crippen LogP contribution in [0.5, 0.6) is 0 Å². The molecule has 2 aliphatic rings. The Hall–Kier alpha value is -0.120. The minimum Gasteiger partial charge on any atom is -0.329 e. The quantitative estimate of drug-likeness (QED) is 0.777. The molecule has 0 aromatic rings. The van der Waals surface area contributed by atoms with E-state index in [0.717, 1.165) is 12.5 Å². The summed E-state index contributed by atoms with van der Waals surface area (Å²) in [6, 6.07) is 0.655. The van der Waals surface area contributed by atoms with E-state index in [4.69, 9.17) is 5.73 Å². The van der Waals surface area contributed by atoms with Gasteiger partial charge in [-0.1, -0.05) is 32.6 Å². The van der Waals surface area contributed by atoms with Gasteiger partial charge in [-0.3, -0.25) is 4.90 Å². The molecule has 1 saturated carbocycles. The third-order valence-corrected chi connectivity index (χ3v) is 5.01. The third-order valence-electron chi connectivity index (χ3n) is 5.01. The molecule has 3 heteroatoms. The van der Waals surface area contributed by atoms with E-state index in [1.807, 2.05) is 0 Å². The zero-order valence-corrected chi connectivity index (χ0v) is 12.1. The third kappa shape index (κ3) is 3.69. The summed E-state index contributed by atoms with van der Waals surface area (Å²) in [6.45, 7) is 9.25. The molecule has 2 rings (SSSR count). The van der Waals surface area contributed by atoms with Crippen LogP contribution < -0.4 is 5.73 Å². The van der Waals surface area contributed by atoms with Crippen molar-refractivity contribution in [3.8, 4) is 0 Å². The Morgan fingerprint density at radius 3 is 2.11 bits per heavy atom. The zero-order chi connectivity index (χ0) is 12.8. The molecule has 1 unspecified atom stereocenters. The van der Waals surface area contributed by atoms with Crippen molar-refractivity contribution < 1.29 is 0 Å². The predicted molar refractivity (Wildman–Crippen MR) is 77.7 cm³/mol. The Morgan fingerprint density at radius 1 is 1.00 bits per heavy atom. The summed E-state index contributed by atoms with van der Waals surface area (Å²) in [5.41, 5.74) is 6.10. The second kappa shape index (κ2) is 7.46. The van der Waals surface area contributed by atoms with Gasteiger partial charge in [-0.25, -0.2) is 0 Å². The van der Waals surface area contributed by atoms with Gasteiger partial charge in [0.25, 0.3) is 0 Å². The number of hydrogen-bond donors (Lipinski definition) is 1. The number of nitrogens with two attached hydrogens (primary N) is 1. The summed E-state index contributed by atoms with van der Waals surface area (Å²) in [7, 11) is 0. The van der Waals surface area contributed by atoms with Gasteiger partial charge in [0.15, 0.2) is 0 Å². The van der Waals surface area contributed by atoms with Crippen LogP contribution in [0.3, 0.4) is 0 Å². The highest BCUT2D eigenvalue weighted by atomic mass is 15.3. The predicted octanol–water partition coefficient (Wildman–Crippen LogP) is 1.92. The van der Waals surface area contributed by atoms with E-state index in [2.05, 4.69) is 16.7 Å². The van der Waals surface area contributed by atoms with Crippen LogP contribution in [0, 0.1) is 5.92 Å². The summed E-state index contributed by atoms with van der Waals surface area (Å²) in [6.07, 6.45) is 8.56. The molecular formula is C15H31N3. The van der Waals surface area contributed by atoms with Gasteiger partial charge < -0.3 is 10.6 Å². The van der Waals surface area contributed by atoms with E-state index in [1.165, 1.54) is 71.2 Å². The van der Waals surface area contributed by atoms with Crippen molar-refractivity contribution in [1.82, 2.24) is 9.80 Å². The van der Waals surface area contributed by atoms with Crippen molar-refractivity contribution in [2.75, 3.05) is 39.3 Å². The molecular weight excluding hydrogens is 222 g/mol. The fourth-order valence-corrected chi connectivity index (χ4v) is 3.75. The van der Waals surface area contributed by atoms with Crippen LogP contribution >= 0.6 is 0 Å². The van der Waals surface area contributed by atoms with Gasteiger partial charge in [0, 0.05) is 38.8 Å². The maximum absolute atomic E-state index is 6.10. The Labute approximate surface area is 113 Å². The average molecular weight is 253 g/mol. The summed E-state index contributed by atoms with van der Waals surface area (Å²) < 4.78 is 0. The first kappa shape index (κ1) is 14.3. The highest BCUT2D eigenvalue weighted by Gasteiger charge is 2.29. The van der Waals surface area contributed by atoms with Crippen molar-refractivity contribution in [2.45, 2.75) is 51.5 Å². The molecule has 0 radical (unpaired) electrons. The fourth-order valence-electron chi connectivity index (χ4n) is 3.75. The van der Waals surface area contributed by atoms with Crippen molar-refractivity contribution in [1.29, 1.82) is 0 Å². The SMILES string of the molecule is CCN1CCN(C(CN)C2CCCCCC2)CC1. The van der Waals surface area contributed by atoms with E-state index in [9.17, 15) is 0 Å². The van der Waals surface area contributed by atoms with Gasteiger partial charge in [0.05, 0.1) is 0 Å². The first-order valence-electron chi connectivity index (χ1n) is 8.01. The van der Waals surface area contributed by atoms with Crippen LogP contribution in [0.4, 0.5) is 0 Å². The van der Waals surface area contributed by atoms with Crippen LogP contribution in [0.15, 0.2) is 0 Å². The second-order valence-corrected chi connectivity index (χ2v) is 6.02. The minimum atomic E-state index is 0.655. The van der Waals surface area contributed by atoms with Gasteiger partial charge in [0.2, 0.25) is 0 Å². The standard InChI is InChI=1S/C15H31N3/c1-2-17-9-11-18(12-10-17)15(13-16)14-7-5-3-4-6-8-14/h14-15H,2-13,16H2,1H3. The van der Waals surface area contributed by atoms with Crippen LogP contribution in [-0.4, -0.2) is 55.1 Å². The lowest BCUT2D eigenvalue weighted by atomic mass is 9.90. The fraction of sp³-hybridized carbons (Fsp3) is 1.00. The molecule has 0 spiro atoms. The number of nitrogens with zero attached hydrogens (tertiary/aromatic N) is 2. The largest absolute Gasteiger partial charge is 0.329 e. The van der Waals surface area contributed by atoms with Gasteiger partial charge in [-0.15, -0.1) is 0 Å². The summed E-state index contributed by atoms with van der Waals surface area (Å²) in [4.78, 5) is 5.24. The average Bonchev–Trinajstić information content (AvgIpc) is 2.70. The van der Waals surface area contributed by atoms with Gasteiger partial charge in [-0.05, 0) is 25.3 Å². The molecule has 3 nitrogen and oxygen atoms in total. The lowest BCUT2D eigenvalue weighted by Gasteiger charge is -2.41. The molecule has 0 amide bonds. The maximum atomic E-state index is 6.10. The minimum absolute atomic E-state index is 0.655. The van der Waals surface area contributed by atoms with Crippen LogP contribution in [0.2, 0.25) is 0 Å². The highest BCUT2D eigenvalue weighted by Crippen LogP contribution is 2.28. The van der Waals surface area contributed by atoms with E-state index in [-0.39, 0.29) is 0 Å². The van der Waals surface area contributed by atoms with Crippen molar-refractivity contribution in [3.05, 3.63) is 0 Å². The Kier molecular flexibility index (Phi) is 5.93. The molecule has 1 atom stereocenters. The number of hydrogen-bond acceptors (Lipinski definition) is 3. The van der Waals surface area contributed by atoms with Crippen LogP contribution in [0.25, 0.3) is 0 Å². The molecule has 0 aromatic heterocycles. The first-order valence-corrected chi connectivity index (χ1v) is 8.01. The molecule has 1 heterocycles. The lowest BCUT2D eigenvalue weighted by Crippen LogP contribution is -2.54. The summed E-state index contributed by atoms with van der Waals surface area (Å²) >= 11 is 0. The van der Waals surface area contributed by atoms with Crippen molar-refractivity contribution in [2.24, 2.45) is 11.7 Å². The smallest absolute Gasteiger partial charge is 0.0247 e. The molecule has 1 aliphatic carbocycles. The lowest BCUT2D eigenvalue weighted by molar-refractivity contribution is 0.0706. The molecule has 2 fully saturated rings. The van der Waals surface area contributed by atoms with Gasteiger partial charge in [-0.2, -0.15) is 0 Å². The summed E-state index contributed by atoms with van der Waals surface area (Å²) in [5, 5.41) is 0. The van der Waals surface area contributed by atoms with Gasteiger partial charge >= 0.3 is 0 Å². The molecule has 1 saturated heterocycles. The Balaban J connectivity index is 1.87. The molecule has 1 aliphatic heterocycles. The first-order chi connectivity index (χ1) is 8.85. The van der Waals surface area contributed by atoms with Crippen molar-refractivity contribution >= 4 is 0 Å². The van der Waals surface area contributed by atoms with Gasteiger partial charge in [0.1, 0.15) is 0 Å². The summed E-state index contributed by atoms with van der Waals surface area (Å²) in [5.74, 6) is 0.866. The Bertz CT molecular complexity index is 216. The van der Waals surface area contributed by atoms with Crippen LogP contribution in [0.1, 0.15) is 45.4 Å². The zero-order valence-electron chi connectivity index (χ0n) is 12.1. The van der Waals surface area contributed by atoms with E-state index in [1.54, 1.807) is 0 Å². The van der Waals surface area contributed by atoms with E-state index < -0.39 is 0 Å². The number of piperazine rings is 1. The number of rotatable bonds is 4. The normalized spacial score (nSPS) is 27.0. The topological polar surface area (TPSA) is 32.5 Å². The monoisotopic (exact) mass is 253 g/mol. The molecule has 18 heavy (non-hydrogen) atoms. The molecule has 106 valence electrons. The second-order valence-electron chi connectivity index (χ2n) is 6.02. The Morgan fingerprint density at radius 2 is 1.61 bits per heavy atom. The van der Waals surface area contributed by atoms with Crippen LogP contribution in [-0.2, 0) is 0 Å². The van der Waals surface area contributed by atoms with E-state index >= 15 is 0 Å². The maximum Gasteiger partial charge on any atom is 0.0247 e. The van der Waals surface area contributed by atoms with Crippen molar-refractivity contribution in [3.63, 3.8) is 0 Å². The number of likely N-dealkylation sites (N-methyl/N-ethyl adjacent to an activating group) is 1. The van der Waals surface area contributed by atoms with E-state index in [0.29, 0.717) is 6.04 Å². The molecule has 2 N–H and O–H groups in total. The highest BCUT2D eigenvalue weighted by molar-refractivity contribution is 4.85. The molecule has 0 bridgehead atoms. The molecule has 0 aromatic carbocycles.